The predicted octanol–water partition coefficient (Wildman–Crippen LogP) is 5.58. The van der Waals surface area contributed by atoms with Gasteiger partial charge in [0, 0.05) is 38.7 Å². The van der Waals surface area contributed by atoms with Gasteiger partial charge in [-0.05, 0) is 42.0 Å². The number of amides is 1. The number of hydrogen-bond donors (Lipinski definition) is 2. The minimum absolute atomic E-state index is 0.106. The molecule has 4 aromatic rings. The molecule has 0 aliphatic carbocycles. The van der Waals surface area contributed by atoms with Gasteiger partial charge in [0.1, 0.15) is 5.75 Å². The minimum Gasteiger partial charge on any atom is -0.507 e. The number of carbonyl (C=O) groups excluding carboxylic acids is 1. The largest absolute Gasteiger partial charge is 0.507 e. The van der Waals surface area contributed by atoms with E-state index in [-0.39, 0.29) is 11.3 Å². The predicted molar refractivity (Wildman–Crippen MR) is 123 cm³/mol. The molecule has 1 amide bonds. The maximum atomic E-state index is 12.3. The van der Waals surface area contributed by atoms with Crippen LogP contribution >= 0.6 is 27.5 Å². The summed E-state index contributed by atoms with van der Waals surface area (Å²) in [7, 11) is 0. The molecule has 2 N–H and O–H groups in total. The van der Waals surface area contributed by atoms with Gasteiger partial charge in [-0.25, -0.2) is 5.43 Å². The van der Waals surface area contributed by atoms with Crippen LogP contribution in [0.25, 0.3) is 10.9 Å². The number of nitrogens with one attached hydrogen (secondary N) is 1. The number of phenols is 1. The smallest absolute Gasteiger partial charge is 0.275 e. The fourth-order valence-electron chi connectivity index (χ4n) is 3.21. The zero-order valence-corrected chi connectivity index (χ0v) is 18.1. The van der Waals surface area contributed by atoms with Crippen molar-refractivity contribution in [2.45, 2.75) is 6.54 Å². The third-order valence-electron chi connectivity index (χ3n) is 4.66. The number of nitrogens with zero attached hydrogens (tertiary/aromatic N) is 2. The molecule has 1 heterocycles. The number of fused-ring (bicyclic) bond motifs is 1. The Balaban J connectivity index is 1.57. The number of benzene rings is 3. The van der Waals surface area contributed by atoms with E-state index in [4.69, 9.17) is 11.6 Å². The van der Waals surface area contributed by atoms with Crippen molar-refractivity contribution in [3.8, 4) is 5.75 Å². The number of para-hydroxylation sites is 1. The van der Waals surface area contributed by atoms with E-state index in [1.165, 1.54) is 12.1 Å². The average molecular weight is 483 g/mol. The highest BCUT2D eigenvalue weighted by molar-refractivity contribution is 9.10. The van der Waals surface area contributed by atoms with E-state index in [1.807, 2.05) is 54.7 Å². The molecule has 0 aliphatic rings. The van der Waals surface area contributed by atoms with Crippen molar-refractivity contribution in [2.75, 3.05) is 0 Å². The summed E-state index contributed by atoms with van der Waals surface area (Å²) in [5.41, 5.74) is 5.68. The van der Waals surface area contributed by atoms with E-state index >= 15 is 0 Å². The lowest BCUT2D eigenvalue weighted by Gasteiger charge is -2.05. The number of hydrogen-bond acceptors (Lipinski definition) is 3. The first-order valence-electron chi connectivity index (χ1n) is 9.15. The van der Waals surface area contributed by atoms with Gasteiger partial charge >= 0.3 is 0 Å². The molecule has 5 nitrogen and oxygen atoms in total. The van der Waals surface area contributed by atoms with Crippen LogP contribution in [0.3, 0.4) is 0 Å². The molecule has 0 bridgehead atoms. The Hall–Kier alpha value is -3.09. The van der Waals surface area contributed by atoms with Crippen LogP contribution in [0.1, 0.15) is 21.5 Å². The van der Waals surface area contributed by atoms with Crippen molar-refractivity contribution in [1.29, 1.82) is 0 Å². The molecule has 30 heavy (non-hydrogen) atoms. The van der Waals surface area contributed by atoms with Crippen molar-refractivity contribution in [3.05, 3.63) is 99.1 Å². The quantitative estimate of drug-likeness (QED) is 0.288. The molecule has 0 fully saturated rings. The maximum Gasteiger partial charge on any atom is 0.275 e. The molecule has 1 aromatic heterocycles. The topological polar surface area (TPSA) is 66.6 Å². The van der Waals surface area contributed by atoms with Crippen LogP contribution in [-0.4, -0.2) is 21.8 Å². The fourth-order valence-corrected chi connectivity index (χ4v) is 3.69. The Labute approximate surface area is 186 Å². The van der Waals surface area contributed by atoms with E-state index in [2.05, 4.69) is 31.0 Å². The summed E-state index contributed by atoms with van der Waals surface area (Å²) in [5.74, 6) is -0.597. The number of halogens is 2. The molecule has 0 saturated heterocycles. The standard InChI is InChI=1S/C23H17BrClN3O2/c24-17-7-10-22(29)20(11-17)23(30)27-26-12-16-14-28(21-4-2-1-3-19(16)21)13-15-5-8-18(25)9-6-15/h1-12,14,29H,13H2,(H,27,30)/b26-12+. The van der Waals surface area contributed by atoms with Crippen LogP contribution in [-0.2, 0) is 6.54 Å². The number of phenolic OH excluding ortho intramolecular Hbond substituents is 1. The number of rotatable bonds is 5. The van der Waals surface area contributed by atoms with Gasteiger partial charge in [-0.1, -0.05) is 57.9 Å². The molecule has 0 atom stereocenters. The minimum atomic E-state index is -0.491. The molecule has 4 rings (SSSR count). The lowest BCUT2D eigenvalue weighted by Crippen LogP contribution is -2.17. The Morgan fingerprint density at radius 2 is 1.90 bits per heavy atom. The van der Waals surface area contributed by atoms with Crippen molar-refractivity contribution in [3.63, 3.8) is 0 Å². The van der Waals surface area contributed by atoms with Crippen LogP contribution in [0, 0.1) is 0 Å². The summed E-state index contributed by atoms with van der Waals surface area (Å²) in [6, 6.07) is 20.4. The highest BCUT2D eigenvalue weighted by Gasteiger charge is 2.11. The maximum absolute atomic E-state index is 12.3. The van der Waals surface area contributed by atoms with Gasteiger partial charge in [0.15, 0.2) is 0 Å². The molecule has 0 spiro atoms. The van der Waals surface area contributed by atoms with Gasteiger partial charge in [0.2, 0.25) is 0 Å². The zero-order valence-electron chi connectivity index (χ0n) is 15.7. The number of hydrazone groups is 1. The molecular weight excluding hydrogens is 466 g/mol. The van der Waals surface area contributed by atoms with Gasteiger partial charge in [-0.2, -0.15) is 5.10 Å². The Bertz CT molecular complexity index is 1250. The first-order valence-corrected chi connectivity index (χ1v) is 10.3. The molecule has 7 heteroatoms. The van der Waals surface area contributed by atoms with Crippen LogP contribution in [0.15, 0.2) is 82.5 Å². The van der Waals surface area contributed by atoms with Gasteiger partial charge in [0.25, 0.3) is 5.91 Å². The third kappa shape index (κ3) is 4.40. The van der Waals surface area contributed by atoms with Crippen molar-refractivity contribution in [1.82, 2.24) is 9.99 Å². The van der Waals surface area contributed by atoms with Gasteiger partial charge < -0.3 is 9.67 Å². The SMILES string of the molecule is O=C(N/N=C/c1cn(Cc2ccc(Cl)cc2)c2ccccc12)c1cc(Br)ccc1O. The molecule has 0 unspecified atom stereocenters. The van der Waals surface area contributed by atoms with Crippen molar-refractivity contribution in [2.24, 2.45) is 5.10 Å². The van der Waals surface area contributed by atoms with Crippen LogP contribution in [0.5, 0.6) is 5.75 Å². The fraction of sp³-hybridized carbons (Fsp3) is 0.0435. The second-order valence-corrected chi connectivity index (χ2v) is 8.07. The average Bonchev–Trinajstić information content (AvgIpc) is 3.09. The summed E-state index contributed by atoms with van der Waals surface area (Å²) < 4.78 is 2.82. The number of aromatic hydroxyl groups is 1. The molecule has 3 aromatic carbocycles. The van der Waals surface area contributed by atoms with Crippen LogP contribution < -0.4 is 5.43 Å². The Morgan fingerprint density at radius 1 is 1.13 bits per heavy atom. The first-order chi connectivity index (χ1) is 14.5. The normalized spacial score (nSPS) is 11.3. The highest BCUT2D eigenvalue weighted by atomic mass is 79.9. The summed E-state index contributed by atoms with van der Waals surface area (Å²) >= 11 is 9.27. The molecule has 0 aliphatic heterocycles. The van der Waals surface area contributed by atoms with Gasteiger partial charge in [-0.15, -0.1) is 0 Å². The summed E-state index contributed by atoms with van der Waals surface area (Å²) in [4.78, 5) is 12.3. The monoisotopic (exact) mass is 481 g/mol. The second kappa shape index (κ2) is 8.73. The van der Waals surface area contributed by atoms with E-state index in [0.29, 0.717) is 16.0 Å². The van der Waals surface area contributed by atoms with E-state index < -0.39 is 5.91 Å². The van der Waals surface area contributed by atoms with Gasteiger partial charge in [-0.3, -0.25) is 4.79 Å². The number of carbonyl (C=O) groups is 1. The second-order valence-electron chi connectivity index (χ2n) is 6.72. The Kier molecular flexibility index (Phi) is 5.88. The summed E-state index contributed by atoms with van der Waals surface area (Å²) in [6.45, 7) is 0.684. The first kappa shape index (κ1) is 20.2. The summed E-state index contributed by atoms with van der Waals surface area (Å²) in [5, 5.41) is 15.7. The lowest BCUT2D eigenvalue weighted by atomic mass is 10.2. The van der Waals surface area contributed by atoms with E-state index in [0.717, 1.165) is 22.0 Å². The Morgan fingerprint density at radius 3 is 2.70 bits per heavy atom. The highest BCUT2D eigenvalue weighted by Crippen LogP contribution is 2.23. The van der Waals surface area contributed by atoms with Crippen LogP contribution in [0.4, 0.5) is 0 Å². The molecule has 150 valence electrons. The van der Waals surface area contributed by atoms with Crippen molar-refractivity contribution >= 4 is 50.6 Å². The molecule has 0 saturated carbocycles. The molecular formula is C23H17BrClN3O2. The zero-order chi connectivity index (χ0) is 21.1. The third-order valence-corrected chi connectivity index (χ3v) is 5.40. The molecule has 0 radical (unpaired) electrons. The number of aromatic nitrogens is 1. The van der Waals surface area contributed by atoms with Crippen LogP contribution in [0.2, 0.25) is 5.02 Å². The van der Waals surface area contributed by atoms with E-state index in [9.17, 15) is 9.90 Å². The lowest BCUT2D eigenvalue weighted by molar-refractivity contribution is 0.0952. The van der Waals surface area contributed by atoms with E-state index in [1.54, 1.807) is 12.3 Å². The van der Waals surface area contributed by atoms with Gasteiger partial charge in [0.05, 0.1) is 11.8 Å². The summed E-state index contributed by atoms with van der Waals surface area (Å²) in [6.07, 6.45) is 3.60. The van der Waals surface area contributed by atoms with Crippen molar-refractivity contribution < 1.29 is 9.90 Å².